The van der Waals surface area contributed by atoms with Crippen molar-refractivity contribution in [1.29, 1.82) is 0 Å². The normalized spacial score (nSPS) is 12.3. The van der Waals surface area contributed by atoms with Gasteiger partial charge >= 0.3 is 0 Å². The molecule has 2 rings (SSSR count). The van der Waals surface area contributed by atoms with Gasteiger partial charge in [0.05, 0.1) is 6.20 Å². The van der Waals surface area contributed by atoms with Crippen LogP contribution < -0.4 is 5.32 Å². The van der Waals surface area contributed by atoms with Gasteiger partial charge in [0.2, 0.25) is 0 Å². The summed E-state index contributed by atoms with van der Waals surface area (Å²) in [6.45, 7) is 3.01. The maximum Gasteiger partial charge on any atom is 0.0544 e. The minimum atomic E-state index is 0.238. The zero-order valence-corrected chi connectivity index (χ0v) is 11.8. The Hall–Kier alpha value is -1.33. The maximum atomic E-state index is 4.19. The van der Waals surface area contributed by atoms with Crippen LogP contribution in [0.1, 0.15) is 24.1 Å². The van der Waals surface area contributed by atoms with Gasteiger partial charge < -0.3 is 5.32 Å². The van der Waals surface area contributed by atoms with Gasteiger partial charge in [-0.25, -0.2) is 0 Å². The predicted molar refractivity (Wildman–Crippen MR) is 74.1 cm³/mol. The molecule has 0 saturated heterocycles. The van der Waals surface area contributed by atoms with E-state index >= 15 is 0 Å². The topological polar surface area (TPSA) is 50.7 Å². The smallest absolute Gasteiger partial charge is 0.0544 e. The van der Waals surface area contributed by atoms with Crippen LogP contribution in [0.15, 0.2) is 41.4 Å². The van der Waals surface area contributed by atoms with Gasteiger partial charge in [0.15, 0.2) is 0 Å². The summed E-state index contributed by atoms with van der Waals surface area (Å²) in [5.41, 5.74) is 2.33. The van der Waals surface area contributed by atoms with Gasteiger partial charge in [0.25, 0.3) is 0 Å². The molecule has 0 spiro atoms. The molecule has 5 heteroatoms. The molecule has 0 saturated carbocycles. The first-order chi connectivity index (χ1) is 8.79. The third-order valence-corrected chi connectivity index (χ3v) is 3.10. The van der Waals surface area contributed by atoms with Crippen LogP contribution in [0.25, 0.3) is 0 Å². The van der Waals surface area contributed by atoms with E-state index in [1.807, 2.05) is 12.3 Å². The molecular formula is C13H15BrN4. The third kappa shape index (κ3) is 3.58. The van der Waals surface area contributed by atoms with Crippen molar-refractivity contribution in [3.63, 3.8) is 0 Å². The second kappa shape index (κ2) is 6.56. The van der Waals surface area contributed by atoms with E-state index in [1.165, 1.54) is 5.56 Å². The molecule has 2 heterocycles. The number of aromatic nitrogens is 3. The Morgan fingerprint density at radius 1 is 1.28 bits per heavy atom. The number of halogens is 1. The maximum absolute atomic E-state index is 4.19. The van der Waals surface area contributed by atoms with Gasteiger partial charge in [-0.2, -0.15) is 10.2 Å². The molecule has 0 amide bonds. The first-order valence-electron chi connectivity index (χ1n) is 5.89. The van der Waals surface area contributed by atoms with Crippen molar-refractivity contribution >= 4 is 15.9 Å². The highest BCUT2D eigenvalue weighted by Gasteiger charge is 2.11. The van der Waals surface area contributed by atoms with Crippen LogP contribution in [0.5, 0.6) is 0 Å². The standard InChI is InChI=1S/C13H15BrN4/c1-2-16-13(11-3-4-17-18-8-11)6-10-5-12(14)9-15-7-10/h3-5,7-9,13,16H,2,6H2,1H3. The van der Waals surface area contributed by atoms with E-state index in [0.29, 0.717) is 0 Å². The largest absolute Gasteiger partial charge is 0.310 e. The van der Waals surface area contributed by atoms with Gasteiger partial charge in [-0.05, 0) is 52.2 Å². The summed E-state index contributed by atoms with van der Waals surface area (Å²) in [4.78, 5) is 4.19. The first kappa shape index (κ1) is 13.1. The average molecular weight is 307 g/mol. The van der Waals surface area contributed by atoms with Crippen LogP contribution >= 0.6 is 15.9 Å². The second-order valence-electron chi connectivity index (χ2n) is 4.00. The van der Waals surface area contributed by atoms with Gasteiger partial charge in [-0.1, -0.05) is 6.92 Å². The summed E-state index contributed by atoms with van der Waals surface area (Å²) >= 11 is 3.44. The molecule has 2 aromatic heterocycles. The Bertz CT molecular complexity index is 489. The molecule has 0 bridgehead atoms. The fourth-order valence-corrected chi connectivity index (χ4v) is 2.28. The molecule has 1 atom stereocenters. The van der Waals surface area contributed by atoms with Crippen molar-refractivity contribution in [2.24, 2.45) is 0 Å². The molecule has 0 aliphatic carbocycles. The molecule has 0 fully saturated rings. The molecule has 94 valence electrons. The first-order valence-corrected chi connectivity index (χ1v) is 6.68. The molecule has 18 heavy (non-hydrogen) atoms. The lowest BCUT2D eigenvalue weighted by molar-refractivity contribution is 0.546. The van der Waals surface area contributed by atoms with Gasteiger partial charge in [-0.3, -0.25) is 4.98 Å². The number of nitrogens with zero attached hydrogens (tertiary/aromatic N) is 3. The van der Waals surface area contributed by atoms with Crippen molar-refractivity contribution in [3.05, 3.63) is 52.5 Å². The average Bonchev–Trinajstić information content (AvgIpc) is 2.39. The third-order valence-electron chi connectivity index (χ3n) is 2.66. The van der Waals surface area contributed by atoms with Crippen LogP contribution in [-0.4, -0.2) is 21.7 Å². The molecule has 1 unspecified atom stereocenters. The summed E-state index contributed by atoms with van der Waals surface area (Å²) in [6.07, 6.45) is 8.09. The zero-order chi connectivity index (χ0) is 12.8. The molecule has 0 aromatic carbocycles. The van der Waals surface area contributed by atoms with Crippen molar-refractivity contribution in [3.8, 4) is 0 Å². The second-order valence-corrected chi connectivity index (χ2v) is 4.92. The lowest BCUT2D eigenvalue weighted by atomic mass is 10.0. The zero-order valence-electron chi connectivity index (χ0n) is 10.2. The van der Waals surface area contributed by atoms with E-state index in [2.05, 4.69) is 49.4 Å². The Kier molecular flexibility index (Phi) is 4.78. The molecule has 0 aliphatic heterocycles. The summed E-state index contributed by atoms with van der Waals surface area (Å²) < 4.78 is 1.00. The monoisotopic (exact) mass is 306 g/mol. The number of likely N-dealkylation sites (N-methyl/N-ethyl adjacent to an activating group) is 1. The number of pyridine rings is 1. The van der Waals surface area contributed by atoms with E-state index in [-0.39, 0.29) is 6.04 Å². The lowest BCUT2D eigenvalue weighted by Gasteiger charge is -2.17. The van der Waals surface area contributed by atoms with E-state index in [4.69, 9.17) is 0 Å². The summed E-state index contributed by atoms with van der Waals surface area (Å²) in [5, 5.41) is 11.2. The van der Waals surface area contributed by atoms with Crippen LogP contribution in [0.3, 0.4) is 0 Å². The van der Waals surface area contributed by atoms with Gasteiger partial charge in [0, 0.05) is 29.1 Å². The lowest BCUT2D eigenvalue weighted by Crippen LogP contribution is -2.23. The molecule has 1 N–H and O–H groups in total. The minimum absolute atomic E-state index is 0.238. The highest BCUT2D eigenvalue weighted by molar-refractivity contribution is 9.10. The van der Waals surface area contributed by atoms with E-state index in [0.717, 1.165) is 23.0 Å². The molecule has 0 aliphatic rings. The Balaban J connectivity index is 2.16. The fraction of sp³-hybridized carbons (Fsp3) is 0.308. The molecule has 0 radical (unpaired) electrons. The van der Waals surface area contributed by atoms with Crippen LogP contribution in [-0.2, 0) is 6.42 Å². The van der Waals surface area contributed by atoms with E-state index in [1.54, 1.807) is 18.6 Å². The highest BCUT2D eigenvalue weighted by Crippen LogP contribution is 2.18. The number of rotatable bonds is 5. The van der Waals surface area contributed by atoms with Crippen molar-refractivity contribution < 1.29 is 0 Å². The summed E-state index contributed by atoms with van der Waals surface area (Å²) in [5.74, 6) is 0. The predicted octanol–water partition coefficient (Wildman–Crippen LogP) is 2.53. The number of nitrogens with one attached hydrogen (secondary N) is 1. The number of hydrogen-bond donors (Lipinski definition) is 1. The quantitative estimate of drug-likeness (QED) is 0.922. The Morgan fingerprint density at radius 2 is 2.17 bits per heavy atom. The minimum Gasteiger partial charge on any atom is -0.310 e. The molecule has 2 aromatic rings. The van der Waals surface area contributed by atoms with Crippen molar-refractivity contribution in [1.82, 2.24) is 20.5 Å². The molecular weight excluding hydrogens is 292 g/mol. The van der Waals surface area contributed by atoms with Crippen LogP contribution in [0, 0.1) is 0 Å². The van der Waals surface area contributed by atoms with Gasteiger partial charge in [0.1, 0.15) is 0 Å². The van der Waals surface area contributed by atoms with E-state index in [9.17, 15) is 0 Å². The summed E-state index contributed by atoms with van der Waals surface area (Å²) in [6, 6.07) is 4.32. The van der Waals surface area contributed by atoms with Crippen LogP contribution in [0.4, 0.5) is 0 Å². The highest BCUT2D eigenvalue weighted by atomic mass is 79.9. The summed E-state index contributed by atoms with van der Waals surface area (Å²) in [7, 11) is 0. The SMILES string of the molecule is CCNC(Cc1cncc(Br)c1)c1ccnnc1. The van der Waals surface area contributed by atoms with Crippen molar-refractivity contribution in [2.45, 2.75) is 19.4 Å². The van der Waals surface area contributed by atoms with Crippen LogP contribution in [0.2, 0.25) is 0 Å². The van der Waals surface area contributed by atoms with Crippen molar-refractivity contribution in [2.75, 3.05) is 6.54 Å². The number of hydrogen-bond acceptors (Lipinski definition) is 4. The van der Waals surface area contributed by atoms with E-state index < -0.39 is 0 Å². The molecule has 4 nitrogen and oxygen atoms in total. The Labute approximate surface area is 115 Å². The van der Waals surface area contributed by atoms with Gasteiger partial charge in [-0.15, -0.1) is 0 Å². The fourth-order valence-electron chi connectivity index (χ4n) is 1.86. The Morgan fingerprint density at radius 3 is 2.83 bits per heavy atom.